The van der Waals surface area contributed by atoms with Gasteiger partial charge in [0.1, 0.15) is 5.15 Å². The molecule has 9 heteroatoms. The van der Waals surface area contributed by atoms with E-state index in [4.69, 9.17) is 16.3 Å². The molecule has 0 saturated heterocycles. The standard InChI is InChI=1S/C16H14BrClF2N2O3/c1-22(15(23)11-6-10(17)7-21-14(11)18)8-9-3-4-12(24-2)13(5-9)25-16(19)20/h3-7,16H,8H2,1-2H3. The first kappa shape index (κ1) is 19.4. The molecule has 2 rings (SSSR count). The van der Waals surface area contributed by atoms with Crippen molar-refractivity contribution in [2.75, 3.05) is 14.2 Å². The van der Waals surface area contributed by atoms with Crippen LogP contribution >= 0.6 is 27.5 Å². The summed E-state index contributed by atoms with van der Waals surface area (Å²) >= 11 is 9.20. The fourth-order valence-electron chi connectivity index (χ4n) is 2.13. The first-order valence-electron chi connectivity index (χ1n) is 7.00. The first-order valence-corrected chi connectivity index (χ1v) is 8.17. The minimum absolute atomic E-state index is 0.0801. The van der Waals surface area contributed by atoms with Gasteiger partial charge >= 0.3 is 6.61 Å². The maximum Gasteiger partial charge on any atom is 0.387 e. The Balaban J connectivity index is 2.20. The maximum atomic E-state index is 12.5. The number of nitrogens with zero attached hydrogens (tertiary/aromatic N) is 2. The van der Waals surface area contributed by atoms with Crippen LogP contribution in [0.15, 0.2) is 34.9 Å². The molecule has 1 heterocycles. The molecule has 0 atom stereocenters. The van der Waals surface area contributed by atoms with Gasteiger partial charge in [0.2, 0.25) is 0 Å². The molecule has 1 aromatic carbocycles. The lowest BCUT2D eigenvalue weighted by molar-refractivity contribution is -0.0512. The quantitative estimate of drug-likeness (QED) is 0.632. The predicted molar refractivity (Wildman–Crippen MR) is 92.4 cm³/mol. The topological polar surface area (TPSA) is 51.7 Å². The van der Waals surface area contributed by atoms with Gasteiger partial charge in [-0.05, 0) is 39.7 Å². The molecule has 0 aliphatic heterocycles. The zero-order valence-electron chi connectivity index (χ0n) is 13.3. The minimum atomic E-state index is -2.98. The molecule has 0 unspecified atom stereocenters. The van der Waals surface area contributed by atoms with Crippen molar-refractivity contribution in [3.05, 3.63) is 51.2 Å². The molecule has 5 nitrogen and oxygen atoms in total. The molecule has 0 bridgehead atoms. The monoisotopic (exact) mass is 434 g/mol. The fourth-order valence-corrected chi connectivity index (χ4v) is 2.65. The highest BCUT2D eigenvalue weighted by molar-refractivity contribution is 9.10. The van der Waals surface area contributed by atoms with Gasteiger partial charge < -0.3 is 14.4 Å². The zero-order valence-corrected chi connectivity index (χ0v) is 15.6. The number of amides is 1. The van der Waals surface area contributed by atoms with Crippen molar-refractivity contribution in [3.8, 4) is 11.5 Å². The van der Waals surface area contributed by atoms with Gasteiger partial charge in [-0.1, -0.05) is 17.7 Å². The van der Waals surface area contributed by atoms with Crippen LogP contribution in [0, 0.1) is 0 Å². The Bertz CT molecular complexity index is 777. The van der Waals surface area contributed by atoms with E-state index in [0.717, 1.165) is 0 Å². The van der Waals surface area contributed by atoms with Crippen molar-refractivity contribution >= 4 is 33.4 Å². The van der Waals surface area contributed by atoms with Gasteiger partial charge in [-0.3, -0.25) is 4.79 Å². The molecule has 0 aliphatic carbocycles. The number of rotatable bonds is 6. The smallest absolute Gasteiger partial charge is 0.387 e. The van der Waals surface area contributed by atoms with Gasteiger partial charge in [0, 0.05) is 24.3 Å². The molecular weight excluding hydrogens is 422 g/mol. The molecule has 134 valence electrons. The van der Waals surface area contributed by atoms with Crippen LogP contribution in [0.3, 0.4) is 0 Å². The highest BCUT2D eigenvalue weighted by atomic mass is 79.9. The number of alkyl halides is 2. The molecule has 0 saturated carbocycles. The van der Waals surface area contributed by atoms with Crippen LogP contribution in [0.4, 0.5) is 8.78 Å². The Labute approximate surface area is 156 Å². The number of carbonyl (C=O) groups excluding carboxylic acids is 1. The average Bonchev–Trinajstić information content (AvgIpc) is 2.56. The summed E-state index contributed by atoms with van der Waals surface area (Å²) < 4.78 is 35.0. The minimum Gasteiger partial charge on any atom is -0.493 e. The Kier molecular flexibility index (Phi) is 6.55. The van der Waals surface area contributed by atoms with Crippen molar-refractivity contribution in [2.24, 2.45) is 0 Å². The predicted octanol–water partition coefficient (Wildman–Crippen LogP) is 4.38. The molecular formula is C16H14BrClF2N2O3. The lowest BCUT2D eigenvalue weighted by Crippen LogP contribution is -2.26. The van der Waals surface area contributed by atoms with Crippen LogP contribution in [0.5, 0.6) is 11.5 Å². The second-order valence-electron chi connectivity index (χ2n) is 5.02. The van der Waals surface area contributed by atoms with E-state index in [1.807, 2.05) is 0 Å². The number of pyridine rings is 1. The van der Waals surface area contributed by atoms with Crippen molar-refractivity contribution in [1.29, 1.82) is 0 Å². The highest BCUT2D eigenvalue weighted by Gasteiger charge is 2.18. The van der Waals surface area contributed by atoms with Crippen molar-refractivity contribution in [1.82, 2.24) is 9.88 Å². The van der Waals surface area contributed by atoms with Gasteiger partial charge in [-0.25, -0.2) is 4.98 Å². The van der Waals surface area contributed by atoms with Crippen LogP contribution in [0.2, 0.25) is 5.15 Å². The summed E-state index contributed by atoms with van der Waals surface area (Å²) in [6.45, 7) is -2.82. The third kappa shape index (κ3) is 5.02. The zero-order chi connectivity index (χ0) is 18.6. The van der Waals surface area contributed by atoms with E-state index in [1.165, 1.54) is 30.3 Å². The highest BCUT2D eigenvalue weighted by Crippen LogP contribution is 2.30. The van der Waals surface area contributed by atoms with Gasteiger partial charge in [0.25, 0.3) is 5.91 Å². The van der Waals surface area contributed by atoms with Crippen molar-refractivity contribution in [2.45, 2.75) is 13.2 Å². The number of hydrogen-bond donors (Lipinski definition) is 0. The maximum absolute atomic E-state index is 12.5. The second-order valence-corrected chi connectivity index (χ2v) is 6.29. The van der Waals surface area contributed by atoms with E-state index >= 15 is 0 Å². The summed E-state index contributed by atoms with van der Waals surface area (Å²) in [5.41, 5.74) is 0.822. The fraction of sp³-hybridized carbons (Fsp3) is 0.250. The Morgan fingerprint density at radius 1 is 1.36 bits per heavy atom. The molecule has 1 amide bonds. The molecule has 0 N–H and O–H groups in total. The normalized spacial score (nSPS) is 10.7. The lowest BCUT2D eigenvalue weighted by Gasteiger charge is -2.19. The molecule has 1 aromatic heterocycles. The van der Waals surface area contributed by atoms with E-state index in [1.54, 1.807) is 19.2 Å². The lowest BCUT2D eigenvalue weighted by atomic mass is 10.1. The molecule has 0 fully saturated rings. The van der Waals surface area contributed by atoms with E-state index in [9.17, 15) is 13.6 Å². The van der Waals surface area contributed by atoms with Crippen LogP contribution in [0.1, 0.15) is 15.9 Å². The number of aromatic nitrogens is 1. The summed E-state index contributed by atoms with van der Waals surface area (Å²) in [4.78, 5) is 17.8. The van der Waals surface area contributed by atoms with Crippen LogP contribution in [-0.2, 0) is 6.54 Å². The van der Waals surface area contributed by atoms with Crippen molar-refractivity contribution < 1.29 is 23.0 Å². The molecule has 0 aliphatic rings. The second kappa shape index (κ2) is 8.44. The Morgan fingerprint density at radius 3 is 2.72 bits per heavy atom. The summed E-state index contributed by atoms with van der Waals surface area (Å²) in [5.74, 6) is -0.277. The van der Waals surface area contributed by atoms with E-state index in [2.05, 4.69) is 25.7 Å². The van der Waals surface area contributed by atoms with Gasteiger partial charge in [-0.2, -0.15) is 8.78 Å². The van der Waals surface area contributed by atoms with Gasteiger partial charge in [-0.15, -0.1) is 0 Å². The van der Waals surface area contributed by atoms with Crippen LogP contribution in [-0.4, -0.2) is 36.6 Å². The van der Waals surface area contributed by atoms with Gasteiger partial charge in [0.05, 0.1) is 12.7 Å². The number of carbonyl (C=O) groups is 1. The van der Waals surface area contributed by atoms with E-state index in [0.29, 0.717) is 10.0 Å². The summed E-state index contributed by atoms with van der Waals surface area (Å²) in [6, 6.07) is 6.11. The van der Waals surface area contributed by atoms with E-state index < -0.39 is 6.61 Å². The summed E-state index contributed by atoms with van der Waals surface area (Å²) in [5, 5.41) is 0.0801. The number of ether oxygens (including phenoxy) is 2. The SMILES string of the molecule is COc1ccc(CN(C)C(=O)c2cc(Br)cnc2Cl)cc1OC(F)F. The van der Waals surface area contributed by atoms with Crippen molar-refractivity contribution in [3.63, 3.8) is 0 Å². The van der Waals surface area contributed by atoms with E-state index in [-0.39, 0.29) is 34.7 Å². The summed E-state index contributed by atoms with van der Waals surface area (Å²) in [6.07, 6.45) is 1.48. The number of hydrogen-bond acceptors (Lipinski definition) is 4. The number of methoxy groups -OCH3 is 1. The third-order valence-corrected chi connectivity index (χ3v) is 3.98. The third-order valence-electron chi connectivity index (χ3n) is 3.25. The van der Waals surface area contributed by atoms with Crippen LogP contribution in [0.25, 0.3) is 0 Å². The average molecular weight is 436 g/mol. The molecule has 2 aromatic rings. The Hall–Kier alpha value is -1.93. The van der Waals surface area contributed by atoms with Crippen LogP contribution < -0.4 is 9.47 Å². The number of benzene rings is 1. The van der Waals surface area contributed by atoms with Gasteiger partial charge in [0.15, 0.2) is 11.5 Å². The molecule has 0 radical (unpaired) electrons. The summed E-state index contributed by atoms with van der Waals surface area (Å²) in [7, 11) is 2.92. The number of halogens is 4. The Morgan fingerprint density at radius 2 is 2.08 bits per heavy atom. The largest absolute Gasteiger partial charge is 0.493 e. The first-order chi connectivity index (χ1) is 11.8. The molecule has 0 spiro atoms. The molecule has 25 heavy (non-hydrogen) atoms.